The van der Waals surface area contributed by atoms with Crippen LogP contribution < -0.4 is 0 Å². The van der Waals surface area contributed by atoms with E-state index in [1.54, 1.807) is 0 Å². The average Bonchev–Trinajstić information content (AvgIpc) is 2.16. The second kappa shape index (κ2) is 12.1. The molecule has 0 N–H and O–H groups in total. The molecule has 0 bridgehead atoms. The lowest BCUT2D eigenvalue weighted by atomic mass is 10.3. The first-order chi connectivity index (χ1) is 7.45. The molecule has 0 aromatic rings. The monoisotopic (exact) mass is 224 g/mol. The summed E-state index contributed by atoms with van der Waals surface area (Å²) in [6, 6.07) is 0. The molecule has 0 spiro atoms. The summed E-state index contributed by atoms with van der Waals surface area (Å²) < 4.78 is 0. The van der Waals surface area contributed by atoms with E-state index in [1.165, 1.54) is 5.70 Å². The van der Waals surface area contributed by atoms with Crippen LogP contribution in [-0.2, 0) is 0 Å². The van der Waals surface area contributed by atoms with Crippen LogP contribution in [0.4, 0.5) is 0 Å². The second-order valence-corrected chi connectivity index (χ2v) is 4.15. The number of hydrogen-bond acceptors (Lipinski definition) is 2. The van der Waals surface area contributed by atoms with Crippen LogP contribution in [0.25, 0.3) is 0 Å². The lowest BCUT2D eigenvalue weighted by molar-refractivity contribution is 0.505. The molecule has 2 nitrogen and oxygen atoms in total. The first kappa shape index (κ1) is 17.4. The van der Waals surface area contributed by atoms with Gasteiger partial charge in [-0.3, -0.25) is 0 Å². The van der Waals surface area contributed by atoms with Crippen molar-refractivity contribution in [3.05, 3.63) is 36.1 Å². The van der Waals surface area contributed by atoms with Crippen LogP contribution >= 0.6 is 0 Å². The van der Waals surface area contributed by atoms with Gasteiger partial charge >= 0.3 is 0 Å². The van der Waals surface area contributed by atoms with Crippen LogP contribution in [0.15, 0.2) is 36.1 Å². The third-order valence-electron chi connectivity index (χ3n) is 1.56. The van der Waals surface area contributed by atoms with E-state index >= 15 is 0 Å². The van der Waals surface area contributed by atoms with E-state index < -0.39 is 0 Å². The SMILES string of the molecule is CN(C)C.C\C=C(/C=C\C=C/CC)N(C)C. The molecule has 0 heterocycles. The minimum atomic E-state index is 1.09. The topological polar surface area (TPSA) is 6.48 Å². The Balaban J connectivity index is 0. The molecule has 0 saturated heterocycles. The third kappa shape index (κ3) is 15.5. The van der Waals surface area contributed by atoms with E-state index in [2.05, 4.69) is 42.2 Å². The van der Waals surface area contributed by atoms with Gasteiger partial charge in [0, 0.05) is 19.8 Å². The number of rotatable bonds is 4. The zero-order valence-corrected chi connectivity index (χ0v) is 12.0. The van der Waals surface area contributed by atoms with Crippen LogP contribution in [0.5, 0.6) is 0 Å². The van der Waals surface area contributed by atoms with Gasteiger partial charge in [0.05, 0.1) is 0 Å². The standard InChI is InChI=1S/C11H19N.C3H9N/c1-5-7-8-9-10-11(6-2)12(3)4;1-4(2)3/h6-10H,5H2,1-4H3;1-3H3/b8-7-,10-9-,11-6+;. The largest absolute Gasteiger partial charge is 0.378 e. The predicted octanol–water partition coefficient (Wildman–Crippen LogP) is 3.15. The summed E-state index contributed by atoms with van der Waals surface area (Å²) >= 11 is 0. The van der Waals surface area contributed by atoms with Gasteiger partial charge in [0.25, 0.3) is 0 Å². The molecule has 0 unspecified atom stereocenters. The first-order valence-electron chi connectivity index (χ1n) is 5.73. The van der Waals surface area contributed by atoms with E-state index in [4.69, 9.17) is 0 Å². The fraction of sp³-hybridized carbons (Fsp3) is 0.571. The second-order valence-electron chi connectivity index (χ2n) is 4.15. The molecule has 0 aromatic carbocycles. The molecular formula is C14H28N2. The van der Waals surface area contributed by atoms with Crippen molar-refractivity contribution < 1.29 is 0 Å². The molecule has 2 heteroatoms. The maximum Gasteiger partial charge on any atom is 0.0317 e. The molecule has 0 aliphatic carbocycles. The molecule has 0 aliphatic rings. The number of hydrogen-bond donors (Lipinski definition) is 0. The lowest BCUT2D eigenvalue weighted by Gasteiger charge is -2.12. The van der Waals surface area contributed by atoms with Crippen molar-refractivity contribution in [1.29, 1.82) is 0 Å². The number of allylic oxidation sites excluding steroid dienone is 5. The molecule has 16 heavy (non-hydrogen) atoms. The smallest absolute Gasteiger partial charge is 0.0317 e. The molecular weight excluding hydrogens is 196 g/mol. The highest BCUT2D eigenvalue weighted by molar-refractivity contribution is 5.19. The summed E-state index contributed by atoms with van der Waals surface area (Å²) in [6.45, 7) is 4.18. The predicted molar refractivity (Wildman–Crippen MR) is 75.6 cm³/mol. The van der Waals surface area contributed by atoms with Gasteiger partial charge in [-0.25, -0.2) is 0 Å². The Morgan fingerprint density at radius 1 is 1.00 bits per heavy atom. The molecule has 0 rings (SSSR count). The van der Waals surface area contributed by atoms with Crippen LogP contribution in [0, 0.1) is 0 Å². The fourth-order valence-electron chi connectivity index (χ4n) is 0.872. The van der Waals surface area contributed by atoms with Crippen molar-refractivity contribution >= 4 is 0 Å². The van der Waals surface area contributed by atoms with Crippen molar-refractivity contribution in [2.24, 2.45) is 0 Å². The summed E-state index contributed by atoms with van der Waals surface area (Å²) in [5.74, 6) is 0. The third-order valence-corrected chi connectivity index (χ3v) is 1.56. The quantitative estimate of drug-likeness (QED) is 0.677. The zero-order valence-electron chi connectivity index (χ0n) is 12.0. The fourth-order valence-corrected chi connectivity index (χ4v) is 0.872. The molecule has 0 radical (unpaired) electrons. The highest BCUT2D eigenvalue weighted by Crippen LogP contribution is 1.99. The Bertz CT molecular complexity index is 220. The molecule has 0 amide bonds. The van der Waals surface area contributed by atoms with Gasteiger partial charge in [-0.05, 0) is 40.6 Å². The molecule has 0 fully saturated rings. The number of likely N-dealkylation sites (N-methyl/N-ethyl adjacent to an activating group) is 1. The van der Waals surface area contributed by atoms with E-state index in [0.29, 0.717) is 0 Å². The minimum absolute atomic E-state index is 1.09. The minimum Gasteiger partial charge on any atom is -0.378 e. The molecule has 0 saturated carbocycles. The highest BCUT2D eigenvalue weighted by atomic mass is 15.1. The van der Waals surface area contributed by atoms with E-state index in [0.717, 1.165) is 6.42 Å². The summed E-state index contributed by atoms with van der Waals surface area (Å²) in [7, 11) is 10.1. The van der Waals surface area contributed by atoms with Crippen molar-refractivity contribution in [3.63, 3.8) is 0 Å². The summed E-state index contributed by atoms with van der Waals surface area (Å²) in [5, 5.41) is 0. The van der Waals surface area contributed by atoms with Crippen molar-refractivity contribution in [3.8, 4) is 0 Å². The Morgan fingerprint density at radius 2 is 1.50 bits per heavy atom. The van der Waals surface area contributed by atoms with Gasteiger partial charge in [-0.2, -0.15) is 0 Å². The van der Waals surface area contributed by atoms with Crippen molar-refractivity contribution in [2.45, 2.75) is 20.3 Å². The van der Waals surface area contributed by atoms with E-state index in [-0.39, 0.29) is 0 Å². The van der Waals surface area contributed by atoms with Crippen LogP contribution in [0.3, 0.4) is 0 Å². The van der Waals surface area contributed by atoms with Gasteiger partial charge in [0.1, 0.15) is 0 Å². The van der Waals surface area contributed by atoms with Gasteiger partial charge in [0.2, 0.25) is 0 Å². The van der Waals surface area contributed by atoms with Crippen molar-refractivity contribution in [2.75, 3.05) is 35.2 Å². The van der Waals surface area contributed by atoms with Gasteiger partial charge in [0.15, 0.2) is 0 Å². The average molecular weight is 224 g/mol. The Morgan fingerprint density at radius 3 is 1.81 bits per heavy atom. The van der Waals surface area contributed by atoms with Gasteiger partial charge in [-0.15, -0.1) is 0 Å². The zero-order chi connectivity index (χ0) is 13.0. The number of nitrogens with zero attached hydrogens (tertiary/aromatic N) is 2. The van der Waals surface area contributed by atoms with E-state index in [1.807, 2.05) is 47.1 Å². The molecule has 0 atom stereocenters. The molecule has 0 aromatic heterocycles. The van der Waals surface area contributed by atoms with Gasteiger partial charge < -0.3 is 9.80 Å². The van der Waals surface area contributed by atoms with Crippen LogP contribution in [0.1, 0.15) is 20.3 Å². The summed E-state index contributed by atoms with van der Waals surface area (Å²) in [5.41, 5.74) is 1.23. The maximum absolute atomic E-state index is 2.14. The lowest BCUT2D eigenvalue weighted by Crippen LogP contribution is -2.08. The van der Waals surface area contributed by atoms with E-state index in [9.17, 15) is 0 Å². The maximum atomic E-state index is 2.14. The summed E-state index contributed by atoms with van der Waals surface area (Å²) in [6.07, 6.45) is 11.6. The summed E-state index contributed by atoms with van der Waals surface area (Å²) in [4.78, 5) is 4.09. The van der Waals surface area contributed by atoms with Gasteiger partial charge in [-0.1, -0.05) is 31.2 Å². The van der Waals surface area contributed by atoms with Crippen LogP contribution in [-0.4, -0.2) is 45.0 Å². The Hall–Kier alpha value is -1.02. The first-order valence-corrected chi connectivity index (χ1v) is 5.73. The Kier molecular flexibility index (Phi) is 13.1. The van der Waals surface area contributed by atoms with Crippen molar-refractivity contribution in [1.82, 2.24) is 9.80 Å². The normalized spacial score (nSPS) is 12.1. The molecule has 94 valence electrons. The Labute approximate surface area is 102 Å². The highest BCUT2D eigenvalue weighted by Gasteiger charge is 1.88. The molecule has 0 aliphatic heterocycles. The van der Waals surface area contributed by atoms with Crippen LogP contribution in [0.2, 0.25) is 0 Å².